The van der Waals surface area contributed by atoms with Crippen molar-refractivity contribution in [3.05, 3.63) is 174 Å². The highest BCUT2D eigenvalue weighted by atomic mass is 19.1. The second-order valence-corrected chi connectivity index (χ2v) is 11.5. The third-order valence-electron chi connectivity index (χ3n) is 8.29. The molecule has 1 heterocycles. The number of benzene rings is 5. The summed E-state index contributed by atoms with van der Waals surface area (Å²) < 4.78 is 42.2. The average molecular weight is 618 g/mol. The van der Waals surface area contributed by atoms with Gasteiger partial charge in [-0.1, -0.05) is 133 Å². The Kier molecular flexibility index (Phi) is 11.2. The van der Waals surface area contributed by atoms with Gasteiger partial charge in [-0.2, -0.15) is 0 Å². The summed E-state index contributed by atoms with van der Waals surface area (Å²) in [4.78, 5) is 2.05. The third-order valence-corrected chi connectivity index (χ3v) is 8.29. The molecule has 6 heteroatoms. The fourth-order valence-electron chi connectivity index (χ4n) is 5.93. The van der Waals surface area contributed by atoms with Crippen LogP contribution in [0.1, 0.15) is 22.3 Å². The summed E-state index contributed by atoms with van der Waals surface area (Å²) in [6.45, 7) is 2.28. The lowest BCUT2D eigenvalue weighted by Crippen LogP contribution is -2.65. The molecule has 0 amide bonds. The first kappa shape index (κ1) is 31.6. The first-order chi connectivity index (χ1) is 22.7. The molecule has 0 bridgehead atoms. The van der Waals surface area contributed by atoms with Crippen molar-refractivity contribution in [2.24, 2.45) is 0 Å². The molecular weight excluding hydrogens is 577 g/mol. The summed E-state index contributed by atoms with van der Waals surface area (Å²) in [5.74, 6) is -0.303. The molecule has 46 heavy (non-hydrogen) atoms. The minimum atomic E-state index is -0.506. The maximum atomic E-state index is 15.6. The van der Waals surface area contributed by atoms with Gasteiger partial charge < -0.3 is 23.8 Å². The van der Waals surface area contributed by atoms with Crippen LogP contribution in [0.25, 0.3) is 0 Å². The number of halogens is 1. The van der Waals surface area contributed by atoms with Gasteiger partial charge in [-0.15, -0.1) is 0 Å². The quantitative estimate of drug-likeness (QED) is 0.126. The van der Waals surface area contributed by atoms with Crippen molar-refractivity contribution in [3.63, 3.8) is 0 Å². The van der Waals surface area contributed by atoms with Crippen LogP contribution in [-0.2, 0) is 45.4 Å². The lowest BCUT2D eigenvalue weighted by atomic mass is 9.92. The summed E-state index contributed by atoms with van der Waals surface area (Å²) in [6.07, 6.45) is -1.38. The summed E-state index contributed by atoms with van der Waals surface area (Å²) in [5.41, 5.74) is 4.70. The zero-order valence-electron chi connectivity index (χ0n) is 25.9. The molecule has 5 aromatic rings. The number of hydrogen-bond donors (Lipinski definition) is 0. The van der Waals surface area contributed by atoms with E-state index < -0.39 is 18.3 Å². The van der Waals surface area contributed by atoms with E-state index in [9.17, 15) is 0 Å². The average Bonchev–Trinajstić information content (AvgIpc) is 3.11. The smallest absolute Gasteiger partial charge is 0.146 e. The lowest BCUT2D eigenvalue weighted by molar-refractivity contribution is -0.174. The van der Waals surface area contributed by atoms with Crippen LogP contribution in [0.2, 0.25) is 0 Å². The van der Waals surface area contributed by atoms with Gasteiger partial charge in [0.05, 0.1) is 44.8 Å². The largest absolute Gasteiger partial charge is 0.375 e. The molecule has 0 N–H and O–H groups in total. The predicted molar refractivity (Wildman–Crippen MR) is 179 cm³/mol. The van der Waals surface area contributed by atoms with E-state index in [0.29, 0.717) is 45.3 Å². The molecule has 0 saturated carbocycles. The van der Waals surface area contributed by atoms with Crippen LogP contribution in [-0.4, -0.2) is 37.5 Å². The number of nitrogens with zero attached hydrogens (tertiary/aromatic N) is 1. The fraction of sp³-hybridized carbons (Fsp3) is 0.250. The van der Waals surface area contributed by atoms with Crippen molar-refractivity contribution in [2.45, 2.75) is 50.8 Å². The molecule has 0 aromatic heterocycles. The van der Waals surface area contributed by atoms with Gasteiger partial charge in [-0.25, -0.2) is 4.39 Å². The maximum absolute atomic E-state index is 15.6. The second-order valence-electron chi connectivity index (χ2n) is 11.5. The van der Waals surface area contributed by atoms with Crippen molar-refractivity contribution in [3.8, 4) is 0 Å². The van der Waals surface area contributed by atoms with E-state index in [1.165, 1.54) is 6.07 Å². The van der Waals surface area contributed by atoms with Gasteiger partial charge in [0.1, 0.15) is 24.1 Å². The molecular formula is C40H40FNO4. The summed E-state index contributed by atoms with van der Waals surface area (Å²) >= 11 is 0. The first-order valence-corrected chi connectivity index (χ1v) is 15.8. The molecule has 0 aliphatic carbocycles. The standard InChI is InChI=1S/C40H40FNO4/c41-35-23-13-14-24-36(35)42-25-38(44-27-32-17-7-2-8-18-32)40(46-29-34-21-11-4-12-22-34)39(45-28-33-19-9-3-10-20-33)37(42)30-43-26-31-15-5-1-6-16-31/h1-24,37-40H,25-30H2/t37-,38-,39+,40+/m0/s1. The van der Waals surface area contributed by atoms with E-state index in [4.69, 9.17) is 18.9 Å². The third kappa shape index (κ3) is 8.47. The number of para-hydroxylation sites is 1. The van der Waals surface area contributed by atoms with E-state index in [1.54, 1.807) is 6.07 Å². The molecule has 5 nitrogen and oxygen atoms in total. The minimum Gasteiger partial charge on any atom is -0.375 e. The Balaban J connectivity index is 1.35. The Hall–Kier alpha value is -4.33. The van der Waals surface area contributed by atoms with Gasteiger partial charge in [0.2, 0.25) is 0 Å². The zero-order chi connectivity index (χ0) is 31.4. The van der Waals surface area contributed by atoms with Gasteiger partial charge in [-0.3, -0.25) is 0 Å². The Morgan fingerprint density at radius 1 is 0.500 bits per heavy atom. The molecule has 1 fully saturated rings. The molecule has 1 aliphatic rings. The van der Waals surface area contributed by atoms with Crippen molar-refractivity contribution in [1.29, 1.82) is 0 Å². The summed E-state index contributed by atoms with van der Waals surface area (Å²) in [5, 5.41) is 0. The van der Waals surface area contributed by atoms with Gasteiger partial charge in [0.25, 0.3) is 0 Å². The molecule has 5 aromatic carbocycles. The zero-order valence-corrected chi connectivity index (χ0v) is 25.9. The van der Waals surface area contributed by atoms with Crippen LogP contribution >= 0.6 is 0 Å². The number of ether oxygens (including phenoxy) is 4. The van der Waals surface area contributed by atoms with Gasteiger partial charge in [0.15, 0.2) is 0 Å². The second kappa shape index (κ2) is 16.3. The highest BCUT2D eigenvalue weighted by Gasteiger charge is 2.47. The van der Waals surface area contributed by atoms with Crippen LogP contribution in [0.4, 0.5) is 10.1 Å². The lowest BCUT2D eigenvalue weighted by Gasteiger charge is -2.49. The van der Waals surface area contributed by atoms with Gasteiger partial charge in [-0.05, 0) is 34.4 Å². The molecule has 6 rings (SSSR count). The van der Waals surface area contributed by atoms with Gasteiger partial charge >= 0.3 is 0 Å². The Morgan fingerprint density at radius 2 is 0.935 bits per heavy atom. The van der Waals surface area contributed by atoms with Crippen LogP contribution in [0, 0.1) is 5.82 Å². The molecule has 0 unspecified atom stereocenters. The van der Waals surface area contributed by atoms with E-state index in [2.05, 4.69) is 12.1 Å². The first-order valence-electron chi connectivity index (χ1n) is 15.8. The Labute approximate surface area is 271 Å². The topological polar surface area (TPSA) is 40.2 Å². The highest BCUT2D eigenvalue weighted by Crippen LogP contribution is 2.33. The predicted octanol–water partition coefficient (Wildman–Crippen LogP) is 7.99. The molecule has 0 radical (unpaired) electrons. The summed E-state index contributed by atoms with van der Waals surface area (Å²) in [6, 6.07) is 46.8. The Bertz CT molecular complexity index is 1590. The maximum Gasteiger partial charge on any atom is 0.146 e. The van der Waals surface area contributed by atoms with E-state index >= 15 is 4.39 Å². The normalized spacial score (nSPS) is 19.6. The van der Waals surface area contributed by atoms with Gasteiger partial charge in [0, 0.05) is 6.54 Å². The molecule has 1 aliphatic heterocycles. The van der Waals surface area contributed by atoms with E-state index in [1.807, 2.05) is 126 Å². The van der Waals surface area contributed by atoms with Crippen molar-refractivity contribution in [1.82, 2.24) is 0 Å². The minimum absolute atomic E-state index is 0.303. The number of rotatable bonds is 14. The number of piperidine rings is 1. The van der Waals surface area contributed by atoms with Crippen LogP contribution < -0.4 is 4.90 Å². The SMILES string of the molecule is Fc1ccccc1N1C[C@H](OCc2ccccc2)[C@@H](OCc2ccccc2)[C@H](OCc2ccccc2)[C@@H]1COCc1ccccc1. The van der Waals surface area contributed by atoms with Crippen molar-refractivity contribution >= 4 is 5.69 Å². The van der Waals surface area contributed by atoms with E-state index in [0.717, 1.165) is 22.3 Å². The van der Waals surface area contributed by atoms with Crippen molar-refractivity contribution < 1.29 is 23.3 Å². The van der Waals surface area contributed by atoms with E-state index in [-0.39, 0.29) is 11.9 Å². The molecule has 0 spiro atoms. The van der Waals surface area contributed by atoms with Crippen LogP contribution in [0.3, 0.4) is 0 Å². The number of anilines is 1. The van der Waals surface area contributed by atoms with Crippen LogP contribution in [0.5, 0.6) is 0 Å². The summed E-state index contributed by atoms with van der Waals surface area (Å²) in [7, 11) is 0. The molecule has 1 saturated heterocycles. The fourth-order valence-corrected chi connectivity index (χ4v) is 5.93. The van der Waals surface area contributed by atoms with Crippen molar-refractivity contribution in [2.75, 3.05) is 18.1 Å². The molecule has 236 valence electrons. The Morgan fingerprint density at radius 3 is 1.46 bits per heavy atom. The molecule has 4 atom stereocenters. The van der Waals surface area contributed by atoms with Crippen LogP contribution in [0.15, 0.2) is 146 Å². The number of hydrogen-bond acceptors (Lipinski definition) is 5. The monoisotopic (exact) mass is 617 g/mol. The highest BCUT2D eigenvalue weighted by molar-refractivity contribution is 5.50.